The molecule has 2 rings (SSSR count). The third-order valence-electron chi connectivity index (χ3n) is 2.59. The maximum atomic E-state index is 11.2. The largest absolute Gasteiger partial charge is 0.476 e. The standard InChI is InChI=1S/C12H11BrClN3O2/c1-6(2)11-10(12(18)19)15-16-17(11)9-4-3-7(14)5-8(9)13/h3-6H,1-2H3,(H,18,19). The van der Waals surface area contributed by atoms with E-state index in [4.69, 9.17) is 16.7 Å². The Morgan fingerprint density at radius 3 is 2.68 bits per heavy atom. The molecule has 0 aliphatic heterocycles. The minimum atomic E-state index is -1.08. The first-order valence-corrected chi connectivity index (χ1v) is 6.73. The Kier molecular flexibility index (Phi) is 3.91. The molecule has 7 heteroatoms. The lowest BCUT2D eigenvalue weighted by Gasteiger charge is -2.11. The van der Waals surface area contributed by atoms with Crippen LogP contribution in [0.25, 0.3) is 5.69 Å². The normalized spacial score (nSPS) is 11.0. The van der Waals surface area contributed by atoms with Gasteiger partial charge in [0, 0.05) is 9.50 Å². The van der Waals surface area contributed by atoms with Crippen molar-refractivity contribution in [3.05, 3.63) is 39.1 Å². The van der Waals surface area contributed by atoms with E-state index in [1.165, 1.54) is 4.68 Å². The summed E-state index contributed by atoms with van der Waals surface area (Å²) < 4.78 is 2.25. The van der Waals surface area contributed by atoms with Gasteiger partial charge in [0.25, 0.3) is 0 Å². The number of aromatic nitrogens is 3. The topological polar surface area (TPSA) is 68.0 Å². The van der Waals surface area contributed by atoms with Gasteiger partial charge in [-0.15, -0.1) is 5.10 Å². The van der Waals surface area contributed by atoms with Crippen LogP contribution in [0.1, 0.15) is 35.9 Å². The predicted octanol–water partition coefficient (Wildman–Crippen LogP) is 3.50. The Labute approximate surface area is 123 Å². The zero-order valence-electron chi connectivity index (χ0n) is 10.3. The van der Waals surface area contributed by atoms with Crippen LogP contribution in [0.3, 0.4) is 0 Å². The van der Waals surface area contributed by atoms with Crippen molar-refractivity contribution in [2.24, 2.45) is 0 Å². The number of hydrogen-bond donors (Lipinski definition) is 1. The second-order valence-corrected chi connectivity index (χ2v) is 5.58. The fourth-order valence-electron chi connectivity index (χ4n) is 1.79. The molecule has 0 fully saturated rings. The molecular formula is C12H11BrClN3O2. The van der Waals surface area contributed by atoms with Gasteiger partial charge in [0.05, 0.1) is 11.4 Å². The highest BCUT2D eigenvalue weighted by molar-refractivity contribution is 9.10. The molecule has 1 N–H and O–H groups in total. The lowest BCUT2D eigenvalue weighted by molar-refractivity contribution is 0.0688. The summed E-state index contributed by atoms with van der Waals surface area (Å²) in [7, 11) is 0. The summed E-state index contributed by atoms with van der Waals surface area (Å²) in [5.74, 6) is -1.11. The van der Waals surface area contributed by atoms with Crippen molar-refractivity contribution < 1.29 is 9.90 Å². The van der Waals surface area contributed by atoms with Crippen molar-refractivity contribution in [2.45, 2.75) is 19.8 Å². The molecule has 1 heterocycles. The highest BCUT2D eigenvalue weighted by Crippen LogP contribution is 2.28. The van der Waals surface area contributed by atoms with E-state index >= 15 is 0 Å². The van der Waals surface area contributed by atoms with E-state index in [1.807, 2.05) is 13.8 Å². The number of nitrogens with zero attached hydrogens (tertiary/aromatic N) is 3. The van der Waals surface area contributed by atoms with Gasteiger partial charge in [-0.1, -0.05) is 30.7 Å². The molecule has 19 heavy (non-hydrogen) atoms. The smallest absolute Gasteiger partial charge is 0.358 e. The molecule has 1 aromatic heterocycles. The number of carboxylic acid groups (broad SMARTS) is 1. The first kappa shape index (κ1) is 14.0. The molecule has 1 aromatic carbocycles. The van der Waals surface area contributed by atoms with Crippen molar-refractivity contribution in [1.29, 1.82) is 0 Å². The summed E-state index contributed by atoms with van der Waals surface area (Å²) >= 11 is 9.29. The summed E-state index contributed by atoms with van der Waals surface area (Å²) in [6, 6.07) is 5.20. The Morgan fingerprint density at radius 1 is 1.47 bits per heavy atom. The first-order valence-electron chi connectivity index (χ1n) is 5.56. The third-order valence-corrected chi connectivity index (χ3v) is 3.46. The molecule has 0 amide bonds. The van der Waals surface area contributed by atoms with Crippen LogP contribution in [0.2, 0.25) is 5.02 Å². The van der Waals surface area contributed by atoms with Crippen LogP contribution in [0.15, 0.2) is 22.7 Å². The number of halogens is 2. The minimum absolute atomic E-state index is 0.0244. The Balaban J connectivity index is 2.65. The molecule has 2 aromatic rings. The second kappa shape index (κ2) is 5.30. The van der Waals surface area contributed by atoms with Crippen LogP contribution in [0.5, 0.6) is 0 Å². The summed E-state index contributed by atoms with van der Waals surface area (Å²) in [5.41, 5.74) is 1.22. The fourth-order valence-corrected chi connectivity index (χ4v) is 2.64. The number of carboxylic acids is 1. The molecule has 0 bridgehead atoms. The van der Waals surface area contributed by atoms with Crippen molar-refractivity contribution in [1.82, 2.24) is 15.0 Å². The maximum absolute atomic E-state index is 11.2. The molecule has 0 radical (unpaired) electrons. The van der Waals surface area contributed by atoms with Gasteiger partial charge >= 0.3 is 5.97 Å². The van der Waals surface area contributed by atoms with Gasteiger partial charge < -0.3 is 5.11 Å². The van der Waals surface area contributed by atoms with Crippen molar-refractivity contribution >= 4 is 33.5 Å². The van der Waals surface area contributed by atoms with E-state index in [-0.39, 0.29) is 11.6 Å². The SMILES string of the molecule is CC(C)c1c(C(=O)O)nnn1-c1ccc(Cl)cc1Br. The quantitative estimate of drug-likeness (QED) is 0.925. The Bertz CT molecular complexity index is 640. The van der Waals surface area contributed by atoms with Gasteiger partial charge in [0.1, 0.15) is 0 Å². The second-order valence-electron chi connectivity index (χ2n) is 4.29. The van der Waals surface area contributed by atoms with Crippen molar-refractivity contribution in [2.75, 3.05) is 0 Å². The van der Waals surface area contributed by atoms with E-state index < -0.39 is 5.97 Å². The Morgan fingerprint density at radius 2 is 2.16 bits per heavy atom. The zero-order valence-corrected chi connectivity index (χ0v) is 12.6. The average molecular weight is 345 g/mol. The summed E-state index contributed by atoms with van der Waals surface area (Å²) in [6.45, 7) is 3.79. The van der Waals surface area contributed by atoms with Crippen molar-refractivity contribution in [3.8, 4) is 5.69 Å². The minimum Gasteiger partial charge on any atom is -0.476 e. The van der Waals surface area contributed by atoms with Crippen LogP contribution in [0.4, 0.5) is 0 Å². The monoisotopic (exact) mass is 343 g/mol. The van der Waals surface area contributed by atoms with Crippen LogP contribution in [0, 0.1) is 0 Å². The maximum Gasteiger partial charge on any atom is 0.358 e. The van der Waals surface area contributed by atoms with Crippen LogP contribution in [-0.4, -0.2) is 26.1 Å². The molecule has 0 saturated heterocycles. The number of carbonyl (C=O) groups is 1. The van der Waals surface area contributed by atoms with Gasteiger partial charge in [-0.3, -0.25) is 0 Å². The van der Waals surface area contributed by atoms with Gasteiger partial charge in [-0.2, -0.15) is 0 Å². The van der Waals surface area contributed by atoms with Gasteiger partial charge in [0.15, 0.2) is 5.69 Å². The highest BCUT2D eigenvalue weighted by Gasteiger charge is 2.23. The molecule has 5 nitrogen and oxygen atoms in total. The predicted molar refractivity (Wildman–Crippen MR) is 75.1 cm³/mol. The number of aromatic carboxylic acids is 1. The third kappa shape index (κ3) is 2.64. The van der Waals surface area contributed by atoms with E-state index in [2.05, 4.69) is 26.2 Å². The Hall–Kier alpha value is -1.40. The molecular weight excluding hydrogens is 334 g/mol. The molecule has 0 unspecified atom stereocenters. The molecule has 0 aliphatic rings. The number of benzene rings is 1. The lowest BCUT2D eigenvalue weighted by atomic mass is 10.1. The zero-order chi connectivity index (χ0) is 14.2. The van der Waals surface area contributed by atoms with E-state index in [9.17, 15) is 4.79 Å². The molecule has 0 spiro atoms. The summed E-state index contributed by atoms with van der Waals surface area (Å²) in [4.78, 5) is 11.2. The molecule has 100 valence electrons. The molecule has 0 aliphatic carbocycles. The summed E-state index contributed by atoms with van der Waals surface area (Å²) in [5, 5.41) is 17.4. The molecule has 0 saturated carbocycles. The van der Waals surface area contributed by atoms with E-state index in [1.54, 1.807) is 18.2 Å². The fraction of sp³-hybridized carbons (Fsp3) is 0.250. The lowest BCUT2D eigenvalue weighted by Crippen LogP contribution is -2.08. The summed E-state index contributed by atoms with van der Waals surface area (Å²) in [6.07, 6.45) is 0. The number of hydrogen-bond acceptors (Lipinski definition) is 3. The average Bonchev–Trinajstić information content (AvgIpc) is 2.73. The van der Waals surface area contributed by atoms with Gasteiger partial charge in [-0.05, 0) is 40.0 Å². The van der Waals surface area contributed by atoms with Crippen LogP contribution >= 0.6 is 27.5 Å². The van der Waals surface area contributed by atoms with Gasteiger partial charge in [0.2, 0.25) is 0 Å². The van der Waals surface area contributed by atoms with Gasteiger partial charge in [-0.25, -0.2) is 9.48 Å². The first-order chi connectivity index (χ1) is 8.91. The van der Waals surface area contributed by atoms with Crippen LogP contribution in [-0.2, 0) is 0 Å². The van der Waals surface area contributed by atoms with E-state index in [0.717, 1.165) is 4.47 Å². The molecule has 0 atom stereocenters. The number of rotatable bonds is 3. The van der Waals surface area contributed by atoms with Crippen molar-refractivity contribution in [3.63, 3.8) is 0 Å². The van der Waals surface area contributed by atoms with Crippen LogP contribution < -0.4 is 0 Å². The highest BCUT2D eigenvalue weighted by atomic mass is 79.9. The van der Waals surface area contributed by atoms with E-state index in [0.29, 0.717) is 16.4 Å².